The molecule has 1 aliphatic rings. The molecule has 126 valence electrons. The quantitative estimate of drug-likeness (QED) is 0.855. The van der Waals surface area contributed by atoms with Crippen LogP contribution in [0.25, 0.3) is 0 Å². The molecule has 2 aromatic rings. The lowest BCUT2D eigenvalue weighted by molar-refractivity contribution is -0.114. The standard InChI is InChI=1S/C19H23N3O2/c1-24-18-7-3-2-6-17(18)21-19(23)14-20-15-8-10-16(11-9-15)22-12-4-5-13-22/h2-3,6-11,20H,4-5,12-14H2,1H3,(H,21,23). The molecule has 0 unspecified atom stereocenters. The van der Waals surface area contributed by atoms with E-state index in [-0.39, 0.29) is 12.5 Å². The van der Waals surface area contributed by atoms with Crippen molar-refractivity contribution < 1.29 is 9.53 Å². The third kappa shape index (κ3) is 3.98. The molecule has 1 saturated heterocycles. The first-order chi connectivity index (χ1) is 11.8. The highest BCUT2D eigenvalue weighted by atomic mass is 16.5. The van der Waals surface area contributed by atoms with Crippen molar-refractivity contribution in [3.05, 3.63) is 48.5 Å². The van der Waals surface area contributed by atoms with Crippen molar-refractivity contribution in [3.8, 4) is 5.75 Å². The van der Waals surface area contributed by atoms with E-state index in [0.29, 0.717) is 11.4 Å². The van der Waals surface area contributed by atoms with Gasteiger partial charge in [-0.05, 0) is 49.2 Å². The maximum Gasteiger partial charge on any atom is 0.243 e. The zero-order chi connectivity index (χ0) is 16.8. The lowest BCUT2D eigenvalue weighted by Gasteiger charge is -2.18. The van der Waals surface area contributed by atoms with Crippen LogP contribution in [0.3, 0.4) is 0 Å². The van der Waals surface area contributed by atoms with Crippen molar-refractivity contribution in [3.63, 3.8) is 0 Å². The van der Waals surface area contributed by atoms with Crippen molar-refractivity contribution >= 4 is 23.0 Å². The minimum absolute atomic E-state index is 0.108. The summed E-state index contributed by atoms with van der Waals surface area (Å²) < 4.78 is 5.23. The van der Waals surface area contributed by atoms with Crippen LogP contribution in [-0.4, -0.2) is 32.7 Å². The van der Waals surface area contributed by atoms with E-state index in [1.807, 2.05) is 36.4 Å². The number of ether oxygens (including phenoxy) is 1. The van der Waals surface area contributed by atoms with Gasteiger partial charge in [-0.1, -0.05) is 12.1 Å². The van der Waals surface area contributed by atoms with Gasteiger partial charge < -0.3 is 20.3 Å². The Kier molecular flexibility index (Phi) is 5.21. The maximum absolute atomic E-state index is 12.1. The number of carbonyl (C=O) groups is 1. The Hall–Kier alpha value is -2.69. The van der Waals surface area contributed by atoms with Gasteiger partial charge >= 0.3 is 0 Å². The molecule has 0 atom stereocenters. The highest BCUT2D eigenvalue weighted by Gasteiger charge is 2.12. The summed E-state index contributed by atoms with van der Waals surface area (Å²) in [5.74, 6) is 0.545. The van der Waals surface area contributed by atoms with Crippen LogP contribution >= 0.6 is 0 Å². The first-order valence-corrected chi connectivity index (χ1v) is 8.28. The molecule has 0 aliphatic carbocycles. The Bertz CT molecular complexity index is 679. The molecule has 2 aromatic carbocycles. The van der Waals surface area contributed by atoms with E-state index in [4.69, 9.17) is 4.74 Å². The molecular weight excluding hydrogens is 302 g/mol. The third-order valence-electron chi connectivity index (χ3n) is 4.17. The highest BCUT2D eigenvalue weighted by Crippen LogP contribution is 2.23. The number of nitrogens with zero attached hydrogens (tertiary/aromatic N) is 1. The van der Waals surface area contributed by atoms with Gasteiger partial charge in [-0.2, -0.15) is 0 Å². The van der Waals surface area contributed by atoms with Gasteiger partial charge in [0.25, 0.3) is 0 Å². The lowest BCUT2D eigenvalue weighted by Crippen LogP contribution is -2.22. The van der Waals surface area contributed by atoms with Crippen LogP contribution in [0.4, 0.5) is 17.1 Å². The predicted octanol–water partition coefficient (Wildman–Crippen LogP) is 3.35. The number of anilines is 3. The maximum atomic E-state index is 12.1. The molecule has 24 heavy (non-hydrogen) atoms. The van der Waals surface area contributed by atoms with E-state index >= 15 is 0 Å². The predicted molar refractivity (Wildman–Crippen MR) is 98.0 cm³/mol. The van der Waals surface area contributed by atoms with Crippen molar-refractivity contribution in [1.82, 2.24) is 0 Å². The summed E-state index contributed by atoms with van der Waals surface area (Å²) in [5, 5.41) is 6.00. The van der Waals surface area contributed by atoms with E-state index in [2.05, 4.69) is 27.7 Å². The molecule has 2 N–H and O–H groups in total. The lowest BCUT2D eigenvalue weighted by atomic mass is 10.2. The Morgan fingerprint density at radius 2 is 1.79 bits per heavy atom. The number of hydrogen-bond donors (Lipinski definition) is 2. The largest absolute Gasteiger partial charge is 0.495 e. The molecule has 0 saturated carbocycles. The summed E-state index contributed by atoms with van der Waals surface area (Å²) in [5.41, 5.74) is 2.86. The van der Waals surface area contributed by atoms with Crippen LogP contribution in [0.1, 0.15) is 12.8 Å². The molecule has 1 heterocycles. The van der Waals surface area contributed by atoms with Gasteiger partial charge in [-0.15, -0.1) is 0 Å². The van der Waals surface area contributed by atoms with Crippen LogP contribution < -0.4 is 20.3 Å². The number of para-hydroxylation sites is 2. The molecule has 0 radical (unpaired) electrons. The van der Waals surface area contributed by atoms with Crippen LogP contribution in [0.15, 0.2) is 48.5 Å². The topological polar surface area (TPSA) is 53.6 Å². The zero-order valence-electron chi connectivity index (χ0n) is 13.9. The smallest absolute Gasteiger partial charge is 0.243 e. The Balaban J connectivity index is 1.52. The molecule has 1 aliphatic heterocycles. The van der Waals surface area contributed by atoms with Gasteiger partial charge in [0.15, 0.2) is 0 Å². The summed E-state index contributed by atoms with van der Waals surface area (Å²) in [4.78, 5) is 14.5. The van der Waals surface area contributed by atoms with Crippen molar-refractivity contribution in [2.24, 2.45) is 0 Å². The average molecular weight is 325 g/mol. The van der Waals surface area contributed by atoms with Crippen LogP contribution in [0.5, 0.6) is 5.75 Å². The van der Waals surface area contributed by atoms with E-state index in [9.17, 15) is 4.79 Å². The summed E-state index contributed by atoms with van der Waals surface area (Å²) in [7, 11) is 1.59. The monoisotopic (exact) mass is 325 g/mol. The zero-order valence-corrected chi connectivity index (χ0v) is 13.9. The Morgan fingerprint density at radius 3 is 2.50 bits per heavy atom. The molecule has 5 nitrogen and oxygen atoms in total. The van der Waals surface area contributed by atoms with E-state index in [1.165, 1.54) is 18.5 Å². The molecule has 0 spiro atoms. The molecule has 1 amide bonds. The van der Waals surface area contributed by atoms with Gasteiger partial charge in [0.05, 0.1) is 19.3 Å². The number of carbonyl (C=O) groups excluding carboxylic acids is 1. The Morgan fingerprint density at radius 1 is 1.08 bits per heavy atom. The first-order valence-electron chi connectivity index (χ1n) is 8.28. The summed E-state index contributed by atoms with van der Waals surface area (Å²) in [6.07, 6.45) is 2.53. The van der Waals surface area contributed by atoms with E-state index in [0.717, 1.165) is 18.8 Å². The van der Waals surface area contributed by atoms with Gasteiger partial charge in [-0.3, -0.25) is 4.79 Å². The molecular formula is C19H23N3O2. The number of rotatable bonds is 6. The fraction of sp³-hybridized carbons (Fsp3) is 0.316. The normalized spacial score (nSPS) is 13.6. The summed E-state index contributed by atoms with van der Waals surface area (Å²) in [6.45, 7) is 2.48. The SMILES string of the molecule is COc1ccccc1NC(=O)CNc1ccc(N2CCCC2)cc1. The number of methoxy groups -OCH3 is 1. The molecule has 3 rings (SSSR count). The van der Waals surface area contributed by atoms with Crippen LogP contribution in [0.2, 0.25) is 0 Å². The number of benzene rings is 2. The minimum Gasteiger partial charge on any atom is -0.495 e. The molecule has 0 bridgehead atoms. The van der Waals surface area contributed by atoms with Gasteiger partial charge in [-0.25, -0.2) is 0 Å². The number of nitrogens with one attached hydrogen (secondary N) is 2. The number of hydrogen-bond acceptors (Lipinski definition) is 4. The van der Waals surface area contributed by atoms with E-state index < -0.39 is 0 Å². The second kappa shape index (κ2) is 7.73. The van der Waals surface area contributed by atoms with Gasteiger partial charge in [0.1, 0.15) is 5.75 Å². The second-order valence-electron chi connectivity index (χ2n) is 5.84. The van der Waals surface area contributed by atoms with Gasteiger partial charge in [0.2, 0.25) is 5.91 Å². The first kappa shape index (κ1) is 16.2. The number of amides is 1. The summed E-state index contributed by atoms with van der Waals surface area (Å²) in [6, 6.07) is 15.6. The van der Waals surface area contributed by atoms with Crippen molar-refractivity contribution in [1.29, 1.82) is 0 Å². The second-order valence-corrected chi connectivity index (χ2v) is 5.84. The molecule has 5 heteroatoms. The van der Waals surface area contributed by atoms with E-state index in [1.54, 1.807) is 7.11 Å². The van der Waals surface area contributed by atoms with Crippen molar-refractivity contribution in [2.45, 2.75) is 12.8 Å². The van der Waals surface area contributed by atoms with Crippen LogP contribution in [0, 0.1) is 0 Å². The fourth-order valence-electron chi connectivity index (χ4n) is 2.89. The highest BCUT2D eigenvalue weighted by molar-refractivity contribution is 5.95. The van der Waals surface area contributed by atoms with Crippen molar-refractivity contribution in [2.75, 3.05) is 42.3 Å². The molecule has 0 aromatic heterocycles. The average Bonchev–Trinajstić information content (AvgIpc) is 3.15. The van der Waals surface area contributed by atoms with Gasteiger partial charge in [0, 0.05) is 24.5 Å². The summed E-state index contributed by atoms with van der Waals surface area (Å²) >= 11 is 0. The Labute approximate surface area is 142 Å². The minimum atomic E-state index is -0.108. The van der Waals surface area contributed by atoms with Crippen LogP contribution in [-0.2, 0) is 4.79 Å². The fourth-order valence-corrected chi connectivity index (χ4v) is 2.89. The third-order valence-corrected chi connectivity index (χ3v) is 4.17. The molecule has 1 fully saturated rings.